The average Bonchev–Trinajstić information content (AvgIpc) is 3.22. The number of amides is 1. The van der Waals surface area contributed by atoms with Crippen LogP contribution in [0, 0.1) is 11.7 Å². The number of hydrogen-bond donors (Lipinski definition) is 0. The fourth-order valence-corrected chi connectivity index (χ4v) is 3.86. The van der Waals surface area contributed by atoms with Crippen LogP contribution >= 0.6 is 0 Å². The maximum Gasteiger partial charge on any atom is 0.229 e. The van der Waals surface area contributed by atoms with Crippen molar-refractivity contribution in [2.45, 2.75) is 19.4 Å². The summed E-state index contributed by atoms with van der Waals surface area (Å²) in [5.74, 6) is -0.0511. The number of likely N-dealkylation sites (tertiary alicyclic amines) is 1. The van der Waals surface area contributed by atoms with Gasteiger partial charge < -0.3 is 4.90 Å². The number of anilines is 1. The Bertz CT molecular complexity index is 964. The van der Waals surface area contributed by atoms with Crippen molar-refractivity contribution in [3.63, 3.8) is 0 Å². The van der Waals surface area contributed by atoms with Crippen molar-refractivity contribution < 1.29 is 9.18 Å². The molecule has 0 unspecified atom stereocenters. The molecule has 0 aliphatic carbocycles. The number of carbonyl (C=O) groups excluding carboxylic acids is 1. The molecule has 1 aliphatic heterocycles. The molecule has 0 bridgehead atoms. The van der Waals surface area contributed by atoms with E-state index in [-0.39, 0.29) is 17.6 Å². The lowest BCUT2D eigenvalue weighted by Gasteiger charge is -2.33. The third-order valence-corrected chi connectivity index (χ3v) is 5.55. The Balaban J connectivity index is 1.33. The maximum atomic E-state index is 13.9. The SMILES string of the molecule is CN(C(=O)C1CCN(Cc2cnn(-c3ccccc3F)c2)CC1)c1ccccc1. The highest BCUT2D eigenvalue weighted by Crippen LogP contribution is 2.23. The Morgan fingerprint density at radius 1 is 1.10 bits per heavy atom. The molecule has 2 heterocycles. The van der Waals surface area contributed by atoms with Crippen LogP contribution in [0.1, 0.15) is 18.4 Å². The van der Waals surface area contributed by atoms with Crippen LogP contribution in [0.5, 0.6) is 0 Å². The number of benzene rings is 2. The normalized spacial score (nSPS) is 15.4. The van der Waals surface area contributed by atoms with Gasteiger partial charge in [0.05, 0.1) is 6.20 Å². The molecule has 1 saturated heterocycles. The molecule has 1 aliphatic rings. The quantitative estimate of drug-likeness (QED) is 0.662. The summed E-state index contributed by atoms with van der Waals surface area (Å²) in [4.78, 5) is 16.9. The van der Waals surface area contributed by atoms with Crippen LogP contribution < -0.4 is 4.90 Å². The highest BCUT2D eigenvalue weighted by Gasteiger charge is 2.27. The van der Waals surface area contributed by atoms with E-state index in [2.05, 4.69) is 10.00 Å². The lowest BCUT2D eigenvalue weighted by atomic mass is 9.95. The van der Waals surface area contributed by atoms with Crippen LogP contribution in [-0.4, -0.2) is 40.7 Å². The molecular weight excluding hydrogens is 367 g/mol. The van der Waals surface area contributed by atoms with E-state index >= 15 is 0 Å². The van der Waals surface area contributed by atoms with Crippen molar-refractivity contribution in [3.05, 3.63) is 78.4 Å². The number of aromatic nitrogens is 2. The first kappa shape index (κ1) is 19.3. The molecule has 2 aromatic carbocycles. The molecule has 1 fully saturated rings. The second-order valence-corrected chi connectivity index (χ2v) is 7.53. The summed E-state index contributed by atoms with van der Waals surface area (Å²) in [6, 6.07) is 16.4. The third-order valence-electron chi connectivity index (χ3n) is 5.55. The highest BCUT2D eigenvalue weighted by molar-refractivity contribution is 5.94. The monoisotopic (exact) mass is 392 g/mol. The fourth-order valence-electron chi connectivity index (χ4n) is 3.86. The third kappa shape index (κ3) is 4.38. The average molecular weight is 392 g/mol. The summed E-state index contributed by atoms with van der Waals surface area (Å²) in [6.45, 7) is 2.48. The van der Waals surface area contributed by atoms with Gasteiger partial charge in [0.1, 0.15) is 11.5 Å². The minimum atomic E-state index is -0.288. The zero-order chi connectivity index (χ0) is 20.2. The number of hydrogen-bond acceptors (Lipinski definition) is 3. The van der Waals surface area contributed by atoms with Gasteiger partial charge >= 0.3 is 0 Å². The molecule has 0 radical (unpaired) electrons. The molecule has 29 heavy (non-hydrogen) atoms. The molecule has 6 heteroatoms. The van der Waals surface area contributed by atoms with Gasteiger partial charge in [0, 0.05) is 37.0 Å². The van der Waals surface area contributed by atoms with E-state index in [1.54, 1.807) is 34.0 Å². The van der Waals surface area contributed by atoms with Gasteiger partial charge in [-0.3, -0.25) is 9.69 Å². The van der Waals surface area contributed by atoms with Gasteiger partial charge in [-0.2, -0.15) is 5.10 Å². The van der Waals surface area contributed by atoms with Crippen LogP contribution in [0.2, 0.25) is 0 Å². The van der Waals surface area contributed by atoms with E-state index < -0.39 is 0 Å². The van der Waals surface area contributed by atoms with E-state index in [1.807, 2.05) is 43.6 Å². The highest BCUT2D eigenvalue weighted by atomic mass is 19.1. The summed E-state index contributed by atoms with van der Waals surface area (Å²) in [6.07, 6.45) is 5.35. The molecule has 0 saturated carbocycles. The Morgan fingerprint density at radius 2 is 1.79 bits per heavy atom. The van der Waals surface area contributed by atoms with Crippen molar-refractivity contribution in [3.8, 4) is 5.69 Å². The number of piperidine rings is 1. The summed E-state index contributed by atoms with van der Waals surface area (Å²) < 4.78 is 15.5. The number of rotatable bonds is 5. The van der Waals surface area contributed by atoms with Crippen LogP contribution in [-0.2, 0) is 11.3 Å². The van der Waals surface area contributed by atoms with E-state index in [9.17, 15) is 9.18 Å². The number of carbonyl (C=O) groups is 1. The second kappa shape index (κ2) is 8.57. The first-order valence-corrected chi connectivity index (χ1v) is 9.95. The lowest BCUT2D eigenvalue weighted by molar-refractivity contribution is -0.123. The van der Waals surface area contributed by atoms with Crippen LogP contribution in [0.3, 0.4) is 0 Å². The van der Waals surface area contributed by atoms with E-state index in [0.29, 0.717) is 5.69 Å². The van der Waals surface area contributed by atoms with Crippen LogP contribution in [0.15, 0.2) is 67.0 Å². The Kier molecular flexibility index (Phi) is 5.71. The van der Waals surface area contributed by atoms with Crippen LogP contribution in [0.4, 0.5) is 10.1 Å². The van der Waals surface area contributed by atoms with Gasteiger partial charge in [-0.25, -0.2) is 9.07 Å². The molecule has 1 aromatic heterocycles. The fraction of sp³-hybridized carbons (Fsp3) is 0.304. The lowest BCUT2D eigenvalue weighted by Crippen LogP contribution is -2.41. The molecule has 0 N–H and O–H groups in total. The summed E-state index contributed by atoms with van der Waals surface area (Å²) in [7, 11) is 1.85. The Labute approximate surface area is 170 Å². The molecule has 3 aromatic rings. The number of halogens is 1. The number of para-hydroxylation sites is 2. The topological polar surface area (TPSA) is 41.4 Å². The summed E-state index contributed by atoms with van der Waals surface area (Å²) >= 11 is 0. The van der Waals surface area contributed by atoms with Crippen LogP contribution in [0.25, 0.3) is 5.69 Å². The van der Waals surface area contributed by atoms with Gasteiger partial charge in [-0.05, 0) is 50.2 Å². The van der Waals surface area contributed by atoms with E-state index in [4.69, 9.17) is 0 Å². The molecule has 4 rings (SSSR count). The molecule has 5 nitrogen and oxygen atoms in total. The van der Waals surface area contributed by atoms with Crippen molar-refractivity contribution in [2.75, 3.05) is 25.0 Å². The smallest absolute Gasteiger partial charge is 0.229 e. The Morgan fingerprint density at radius 3 is 2.52 bits per heavy atom. The summed E-state index contributed by atoms with van der Waals surface area (Å²) in [5.41, 5.74) is 2.42. The zero-order valence-corrected chi connectivity index (χ0v) is 16.5. The predicted molar refractivity (Wildman–Crippen MR) is 111 cm³/mol. The predicted octanol–water partition coefficient (Wildman–Crippen LogP) is 3.89. The zero-order valence-electron chi connectivity index (χ0n) is 16.5. The minimum absolute atomic E-state index is 0.0533. The first-order chi connectivity index (χ1) is 14.1. The van der Waals surface area contributed by atoms with E-state index in [1.165, 1.54) is 6.07 Å². The molecule has 0 spiro atoms. The molecule has 1 amide bonds. The Hall–Kier alpha value is -2.99. The van der Waals surface area contributed by atoms with Crippen molar-refractivity contribution in [2.24, 2.45) is 5.92 Å². The van der Waals surface area contributed by atoms with E-state index in [0.717, 1.165) is 43.7 Å². The maximum absolute atomic E-state index is 13.9. The largest absolute Gasteiger partial charge is 0.315 e. The van der Waals surface area contributed by atoms with Gasteiger partial charge in [0.2, 0.25) is 5.91 Å². The second-order valence-electron chi connectivity index (χ2n) is 7.53. The minimum Gasteiger partial charge on any atom is -0.315 e. The van der Waals surface area contributed by atoms with Gasteiger partial charge in [-0.15, -0.1) is 0 Å². The standard InChI is InChI=1S/C23H25FN4O/c1-26(20-7-3-2-4-8-20)23(29)19-11-13-27(14-12-19)16-18-15-25-28(17-18)22-10-6-5-9-21(22)24/h2-10,15,17,19H,11-14,16H2,1H3. The molecule has 150 valence electrons. The number of nitrogens with zero attached hydrogens (tertiary/aromatic N) is 4. The molecular formula is C23H25FN4O. The van der Waals surface area contributed by atoms with Crippen molar-refractivity contribution in [1.29, 1.82) is 0 Å². The first-order valence-electron chi connectivity index (χ1n) is 9.95. The molecule has 0 atom stereocenters. The van der Waals surface area contributed by atoms with Gasteiger partial charge in [-0.1, -0.05) is 30.3 Å². The van der Waals surface area contributed by atoms with Gasteiger partial charge in [0.25, 0.3) is 0 Å². The van der Waals surface area contributed by atoms with Gasteiger partial charge in [0.15, 0.2) is 0 Å². The summed E-state index contributed by atoms with van der Waals surface area (Å²) in [5, 5.41) is 4.30. The van der Waals surface area contributed by atoms with Crippen molar-refractivity contribution >= 4 is 11.6 Å². The van der Waals surface area contributed by atoms with Crippen molar-refractivity contribution in [1.82, 2.24) is 14.7 Å².